The van der Waals surface area contributed by atoms with Crippen molar-refractivity contribution >= 4 is 15.9 Å². The average molecular weight is 405 g/mol. The van der Waals surface area contributed by atoms with Crippen molar-refractivity contribution in [3.63, 3.8) is 0 Å². The Hall–Kier alpha value is -2.28. The monoisotopic (exact) mass is 404 g/mol. The number of benzene rings is 1. The van der Waals surface area contributed by atoms with Crippen LogP contribution in [0, 0.1) is 0 Å². The zero-order valence-corrected chi connectivity index (χ0v) is 17.1. The van der Waals surface area contributed by atoms with E-state index in [1.807, 2.05) is 6.08 Å². The van der Waals surface area contributed by atoms with Gasteiger partial charge in [0.25, 0.3) is 0 Å². The Morgan fingerprint density at radius 1 is 1.21 bits per heavy atom. The van der Waals surface area contributed by atoms with Gasteiger partial charge in [-0.1, -0.05) is 24.3 Å². The van der Waals surface area contributed by atoms with Crippen LogP contribution < -0.4 is 5.32 Å². The molecular weight excluding hydrogens is 376 g/mol. The molecule has 0 aromatic heterocycles. The molecule has 1 aliphatic heterocycles. The van der Waals surface area contributed by atoms with Crippen LogP contribution in [0.15, 0.2) is 58.7 Å². The number of piperidine rings is 1. The van der Waals surface area contributed by atoms with Crippen molar-refractivity contribution in [2.24, 2.45) is 0 Å². The highest BCUT2D eigenvalue weighted by molar-refractivity contribution is 7.92. The lowest BCUT2D eigenvalue weighted by molar-refractivity contribution is 0.187. The van der Waals surface area contributed by atoms with E-state index in [0.29, 0.717) is 37.4 Å². The lowest BCUT2D eigenvalue weighted by atomic mass is 10.0. The second-order valence-corrected chi connectivity index (χ2v) is 9.39. The number of methoxy groups -OCH3 is 1. The fourth-order valence-electron chi connectivity index (χ4n) is 3.67. The van der Waals surface area contributed by atoms with E-state index in [9.17, 15) is 13.2 Å². The van der Waals surface area contributed by atoms with Gasteiger partial charge < -0.3 is 15.0 Å². The summed E-state index contributed by atoms with van der Waals surface area (Å²) in [6.45, 7) is 1.47. The fraction of sp³-hybridized carbons (Fsp3) is 0.476. The summed E-state index contributed by atoms with van der Waals surface area (Å²) in [7, 11) is -1.66. The maximum atomic E-state index is 12.7. The molecule has 28 heavy (non-hydrogen) atoms. The first-order chi connectivity index (χ1) is 13.5. The SMILES string of the molecule is COC1=CC(CCNC(=O)N2CCC(S(=O)(=O)c3ccccc3)CC2)=CCC1. The first-order valence-corrected chi connectivity index (χ1v) is 11.3. The van der Waals surface area contributed by atoms with E-state index in [2.05, 4.69) is 11.4 Å². The van der Waals surface area contributed by atoms with Gasteiger partial charge in [-0.15, -0.1) is 0 Å². The minimum Gasteiger partial charge on any atom is -0.501 e. The Labute approximate surface area is 167 Å². The molecule has 0 atom stereocenters. The Morgan fingerprint density at radius 2 is 1.93 bits per heavy atom. The number of carbonyl (C=O) groups excluding carboxylic acids is 1. The van der Waals surface area contributed by atoms with Crippen molar-refractivity contribution in [1.82, 2.24) is 10.2 Å². The summed E-state index contributed by atoms with van der Waals surface area (Å²) in [6.07, 6.45) is 7.80. The van der Waals surface area contributed by atoms with Gasteiger partial charge in [0.1, 0.15) is 0 Å². The lowest BCUT2D eigenvalue weighted by Crippen LogP contribution is -2.47. The summed E-state index contributed by atoms with van der Waals surface area (Å²) >= 11 is 0. The molecule has 152 valence electrons. The van der Waals surface area contributed by atoms with E-state index >= 15 is 0 Å². The maximum absolute atomic E-state index is 12.7. The van der Waals surface area contributed by atoms with Gasteiger partial charge in [0.2, 0.25) is 0 Å². The average Bonchev–Trinajstić information content (AvgIpc) is 2.74. The second kappa shape index (κ2) is 9.28. The number of carbonyl (C=O) groups is 1. The van der Waals surface area contributed by atoms with Crippen molar-refractivity contribution in [1.29, 1.82) is 0 Å². The van der Waals surface area contributed by atoms with Crippen LogP contribution in [0.25, 0.3) is 0 Å². The molecule has 1 aliphatic carbocycles. The van der Waals surface area contributed by atoms with Crippen molar-refractivity contribution in [2.75, 3.05) is 26.7 Å². The first-order valence-electron chi connectivity index (χ1n) is 9.76. The van der Waals surface area contributed by atoms with Crippen molar-refractivity contribution in [3.05, 3.63) is 53.8 Å². The highest BCUT2D eigenvalue weighted by atomic mass is 32.2. The van der Waals surface area contributed by atoms with E-state index in [4.69, 9.17) is 4.74 Å². The highest BCUT2D eigenvalue weighted by Crippen LogP contribution is 2.24. The summed E-state index contributed by atoms with van der Waals surface area (Å²) < 4.78 is 30.7. The number of ether oxygens (including phenoxy) is 1. The molecular formula is C21H28N2O4S. The number of sulfone groups is 1. The van der Waals surface area contributed by atoms with Crippen molar-refractivity contribution in [2.45, 2.75) is 42.2 Å². The molecule has 6 nitrogen and oxygen atoms in total. The molecule has 7 heteroatoms. The molecule has 0 bridgehead atoms. The highest BCUT2D eigenvalue weighted by Gasteiger charge is 2.32. The summed E-state index contributed by atoms with van der Waals surface area (Å²) in [6, 6.07) is 8.43. The second-order valence-electron chi connectivity index (χ2n) is 7.16. The lowest BCUT2D eigenvalue weighted by Gasteiger charge is -2.31. The predicted molar refractivity (Wildman–Crippen MR) is 109 cm³/mol. The third-order valence-corrected chi connectivity index (χ3v) is 7.61. The number of likely N-dealkylation sites (tertiary alicyclic amines) is 1. The van der Waals surface area contributed by atoms with E-state index in [1.165, 1.54) is 5.57 Å². The van der Waals surface area contributed by atoms with Crippen LogP contribution in [0.2, 0.25) is 0 Å². The normalized spacial score (nSPS) is 18.2. The molecule has 2 aliphatic rings. The minimum absolute atomic E-state index is 0.122. The molecule has 2 amide bonds. The number of amides is 2. The number of nitrogens with one attached hydrogen (secondary N) is 1. The van der Waals surface area contributed by atoms with Crippen LogP contribution in [-0.2, 0) is 14.6 Å². The largest absolute Gasteiger partial charge is 0.501 e. The molecule has 0 spiro atoms. The molecule has 1 heterocycles. The van der Waals surface area contributed by atoms with Gasteiger partial charge in [-0.3, -0.25) is 0 Å². The number of hydrogen-bond donors (Lipinski definition) is 1. The topological polar surface area (TPSA) is 75.7 Å². The molecule has 1 saturated heterocycles. The van der Waals surface area contributed by atoms with E-state index in [0.717, 1.165) is 25.0 Å². The van der Waals surface area contributed by atoms with Gasteiger partial charge in [-0.05, 0) is 49.5 Å². The predicted octanol–water partition coefficient (Wildman–Crippen LogP) is 3.27. The van der Waals surface area contributed by atoms with Crippen LogP contribution in [0.5, 0.6) is 0 Å². The van der Waals surface area contributed by atoms with E-state index < -0.39 is 15.1 Å². The quantitative estimate of drug-likeness (QED) is 0.790. The molecule has 0 radical (unpaired) electrons. The summed E-state index contributed by atoms with van der Waals surface area (Å²) in [5.41, 5.74) is 1.18. The van der Waals surface area contributed by atoms with Crippen LogP contribution in [0.3, 0.4) is 0 Å². The third-order valence-electron chi connectivity index (χ3n) is 5.34. The van der Waals surface area contributed by atoms with Gasteiger partial charge in [-0.25, -0.2) is 13.2 Å². The third kappa shape index (κ3) is 4.95. The Kier molecular flexibility index (Phi) is 6.78. The number of allylic oxidation sites excluding steroid dienone is 3. The van der Waals surface area contributed by atoms with Crippen molar-refractivity contribution in [3.8, 4) is 0 Å². The number of urea groups is 1. The van der Waals surface area contributed by atoms with Crippen LogP contribution >= 0.6 is 0 Å². The van der Waals surface area contributed by atoms with Gasteiger partial charge >= 0.3 is 6.03 Å². The molecule has 1 N–H and O–H groups in total. The Balaban J connectivity index is 1.45. The summed E-state index contributed by atoms with van der Waals surface area (Å²) in [5, 5.41) is 2.52. The first kappa shape index (κ1) is 20.5. The summed E-state index contributed by atoms with van der Waals surface area (Å²) in [5.74, 6) is 0.977. The van der Waals surface area contributed by atoms with Gasteiger partial charge in [0, 0.05) is 26.1 Å². The standard InChI is InChI=1S/C21H28N2O4S/c1-27-18-7-5-6-17(16-18)10-13-22-21(24)23-14-11-20(12-15-23)28(25,26)19-8-3-2-4-9-19/h2-4,6,8-9,16,20H,5,7,10-15H2,1H3,(H,22,24). The van der Waals surface area contributed by atoms with Crippen LogP contribution in [-0.4, -0.2) is 51.3 Å². The van der Waals surface area contributed by atoms with Gasteiger partial charge in [0.05, 0.1) is 23.0 Å². The van der Waals surface area contributed by atoms with Crippen LogP contribution in [0.1, 0.15) is 32.1 Å². The Bertz CT molecular complexity index is 838. The number of nitrogens with zero attached hydrogens (tertiary/aromatic N) is 1. The molecule has 0 unspecified atom stereocenters. The summed E-state index contributed by atoms with van der Waals surface area (Å²) in [4.78, 5) is 14.5. The fourth-order valence-corrected chi connectivity index (χ4v) is 5.42. The van der Waals surface area contributed by atoms with Crippen molar-refractivity contribution < 1.29 is 17.9 Å². The number of rotatable bonds is 6. The zero-order valence-electron chi connectivity index (χ0n) is 16.3. The maximum Gasteiger partial charge on any atom is 0.317 e. The zero-order chi connectivity index (χ0) is 20.0. The van der Waals surface area contributed by atoms with Crippen LogP contribution in [0.4, 0.5) is 4.79 Å². The molecule has 0 saturated carbocycles. The molecule has 1 aromatic carbocycles. The van der Waals surface area contributed by atoms with Gasteiger partial charge in [0.15, 0.2) is 9.84 Å². The molecule has 1 fully saturated rings. The van der Waals surface area contributed by atoms with E-state index in [1.54, 1.807) is 42.3 Å². The minimum atomic E-state index is -3.33. The smallest absolute Gasteiger partial charge is 0.317 e. The van der Waals surface area contributed by atoms with Gasteiger partial charge in [-0.2, -0.15) is 0 Å². The number of hydrogen-bond acceptors (Lipinski definition) is 4. The molecule has 3 rings (SSSR count). The van der Waals surface area contributed by atoms with E-state index in [-0.39, 0.29) is 6.03 Å². The molecule has 1 aromatic rings. The Morgan fingerprint density at radius 3 is 2.61 bits per heavy atom.